The fraction of sp³-hybridized carbons (Fsp3) is 0.581. The maximum Gasteiger partial charge on any atom is 0.310 e. The number of hydrogen-bond donors (Lipinski definition) is 1. The highest BCUT2D eigenvalue weighted by molar-refractivity contribution is 5.76. The molecule has 188 valence electrons. The highest BCUT2D eigenvalue weighted by Gasteiger charge is 2.19. The van der Waals surface area contributed by atoms with Crippen molar-refractivity contribution in [1.82, 2.24) is 0 Å². The number of carbonyl (C=O) groups is 1. The van der Waals surface area contributed by atoms with Gasteiger partial charge in [0.25, 0.3) is 0 Å². The zero-order valence-electron chi connectivity index (χ0n) is 21.4. The molecule has 0 bridgehead atoms. The lowest BCUT2D eigenvalue weighted by atomic mass is 9.93. The molecule has 0 radical (unpaired) electrons. The van der Waals surface area contributed by atoms with Crippen molar-refractivity contribution in [3.8, 4) is 5.75 Å². The van der Waals surface area contributed by atoms with Gasteiger partial charge in [0.05, 0.1) is 5.92 Å². The number of aliphatic carboxylic acids is 1. The van der Waals surface area contributed by atoms with Gasteiger partial charge in [0.2, 0.25) is 0 Å². The standard InChI is InChI=1S/C31H46O3/c1-2-3-4-5-6-7-8-9-10-11-12-13-14-18-21-30(31(32)33)28-22-24-29(25-23-28)34-26-27-19-16-15-17-20-27/h15-17,19-20,22-25,30H,2-14,18,21,26H2,1H3,(H,32,33). The quantitative estimate of drug-likeness (QED) is 0.198. The van der Waals surface area contributed by atoms with E-state index in [-0.39, 0.29) is 0 Å². The first-order chi connectivity index (χ1) is 16.7. The highest BCUT2D eigenvalue weighted by atomic mass is 16.5. The largest absolute Gasteiger partial charge is 0.489 e. The normalized spacial score (nSPS) is 11.9. The Hall–Kier alpha value is -2.29. The summed E-state index contributed by atoms with van der Waals surface area (Å²) < 4.78 is 5.83. The Kier molecular flexibility index (Phi) is 14.9. The van der Waals surface area contributed by atoms with Crippen LogP contribution in [0.2, 0.25) is 0 Å². The maximum atomic E-state index is 11.8. The Labute approximate surface area is 207 Å². The van der Waals surface area contributed by atoms with Gasteiger partial charge in [0.15, 0.2) is 0 Å². The summed E-state index contributed by atoms with van der Waals surface area (Å²) in [4.78, 5) is 11.8. The van der Waals surface area contributed by atoms with Gasteiger partial charge in [-0.05, 0) is 29.7 Å². The number of carboxylic acids is 1. The fourth-order valence-corrected chi connectivity index (χ4v) is 4.51. The lowest BCUT2D eigenvalue weighted by Gasteiger charge is -2.14. The minimum atomic E-state index is -0.729. The summed E-state index contributed by atoms with van der Waals surface area (Å²) in [5.41, 5.74) is 1.99. The van der Waals surface area contributed by atoms with Crippen LogP contribution in [0.15, 0.2) is 54.6 Å². The number of benzene rings is 2. The van der Waals surface area contributed by atoms with Crippen molar-refractivity contribution in [2.24, 2.45) is 0 Å². The van der Waals surface area contributed by atoms with Gasteiger partial charge in [-0.1, -0.05) is 139 Å². The van der Waals surface area contributed by atoms with Crippen LogP contribution in [0.4, 0.5) is 0 Å². The Bertz CT molecular complexity index is 754. The van der Waals surface area contributed by atoms with E-state index in [1.807, 2.05) is 54.6 Å². The fourth-order valence-electron chi connectivity index (χ4n) is 4.51. The average Bonchev–Trinajstić information content (AvgIpc) is 2.86. The molecule has 0 saturated carbocycles. The van der Waals surface area contributed by atoms with Crippen LogP contribution in [0.5, 0.6) is 5.75 Å². The Balaban J connectivity index is 1.55. The molecule has 0 spiro atoms. The van der Waals surface area contributed by atoms with Gasteiger partial charge in [0, 0.05) is 0 Å². The number of unbranched alkanes of at least 4 members (excludes halogenated alkanes) is 13. The third kappa shape index (κ3) is 12.3. The van der Waals surface area contributed by atoms with Crippen LogP contribution in [0, 0.1) is 0 Å². The summed E-state index contributed by atoms with van der Waals surface area (Å²) in [5, 5.41) is 9.72. The summed E-state index contributed by atoms with van der Waals surface area (Å²) >= 11 is 0. The first kappa shape index (κ1) is 28.0. The molecule has 1 unspecified atom stereocenters. The SMILES string of the molecule is CCCCCCCCCCCCCCCCC(C(=O)O)c1ccc(OCc2ccccc2)cc1. The zero-order chi connectivity index (χ0) is 24.3. The second-order valence-corrected chi connectivity index (χ2v) is 9.62. The summed E-state index contributed by atoms with van der Waals surface area (Å²) in [7, 11) is 0. The average molecular weight is 467 g/mol. The van der Waals surface area contributed by atoms with E-state index in [0.717, 1.165) is 29.7 Å². The molecule has 0 saturated heterocycles. The van der Waals surface area contributed by atoms with Crippen molar-refractivity contribution in [2.45, 2.75) is 116 Å². The Morgan fingerprint density at radius 2 is 1.21 bits per heavy atom. The molecule has 0 aliphatic rings. The molecule has 2 aromatic rings. The molecule has 0 fully saturated rings. The van der Waals surface area contributed by atoms with Crippen LogP contribution >= 0.6 is 0 Å². The van der Waals surface area contributed by atoms with E-state index in [2.05, 4.69) is 6.92 Å². The predicted octanol–water partition coefficient (Wildman–Crippen LogP) is 9.31. The Morgan fingerprint density at radius 1 is 0.706 bits per heavy atom. The van der Waals surface area contributed by atoms with Crippen molar-refractivity contribution < 1.29 is 14.6 Å². The number of ether oxygens (including phenoxy) is 1. The van der Waals surface area contributed by atoms with Crippen LogP contribution in [0.1, 0.15) is 120 Å². The van der Waals surface area contributed by atoms with Gasteiger partial charge in [-0.2, -0.15) is 0 Å². The van der Waals surface area contributed by atoms with Crippen LogP contribution in [0.3, 0.4) is 0 Å². The molecular weight excluding hydrogens is 420 g/mol. The van der Waals surface area contributed by atoms with E-state index in [4.69, 9.17) is 4.74 Å². The minimum absolute atomic E-state index is 0.430. The first-order valence-corrected chi connectivity index (χ1v) is 13.7. The Morgan fingerprint density at radius 3 is 1.71 bits per heavy atom. The van der Waals surface area contributed by atoms with E-state index in [1.54, 1.807) is 0 Å². The number of rotatable bonds is 20. The molecule has 0 aliphatic carbocycles. The lowest BCUT2D eigenvalue weighted by molar-refractivity contribution is -0.139. The van der Waals surface area contributed by atoms with E-state index >= 15 is 0 Å². The molecule has 0 amide bonds. The van der Waals surface area contributed by atoms with Gasteiger partial charge in [-0.3, -0.25) is 4.79 Å². The molecule has 0 aliphatic heterocycles. The van der Waals surface area contributed by atoms with Gasteiger partial charge >= 0.3 is 5.97 Å². The molecule has 2 rings (SSSR count). The van der Waals surface area contributed by atoms with Crippen molar-refractivity contribution in [1.29, 1.82) is 0 Å². The third-order valence-corrected chi connectivity index (χ3v) is 6.68. The third-order valence-electron chi connectivity index (χ3n) is 6.68. The van der Waals surface area contributed by atoms with E-state index in [9.17, 15) is 9.90 Å². The highest BCUT2D eigenvalue weighted by Crippen LogP contribution is 2.26. The molecule has 3 nitrogen and oxygen atoms in total. The molecule has 1 N–H and O–H groups in total. The van der Waals surface area contributed by atoms with Crippen LogP contribution < -0.4 is 4.74 Å². The van der Waals surface area contributed by atoms with Gasteiger partial charge in [0.1, 0.15) is 12.4 Å². The van der Waals surface area contributed by atoms with Crippen LogP contribution in [-0.4, -0.2) is 11.1 Å². The van der Waals surface area contributed by atoms with Crippen LogP contribution in [-0.2, 0) is 11.4 Å². The molecule has 1 atom stereocenters. The smallest absolute Gasteiger partial charge is 0.310 e. The van der Waals surface area contributed by atoms with Crippen LogP contribution in [0.25, 0.3) is 0 Å². The summed E-state index contributed by atoms with van der Waals surface area (Å²) in [6.45, 7) is 2.79. The molecule has 3 heteroatoms. The molecule has 2 aromatic carbocycles. The lowest BCUT2D eigenvalue weighted by Crippen LogP contribution is -2.11. The second-order valence-electron chi connectivity index (χ2n) is 9.62. The zero-order valence-corrected chi connectivity index (χ0v) is 21.4. The van der Waals surface area contributed by atoms with Crippen molar-refractivity contribution in [3.63, 3.8) is 0 Å². The second kappa shape index (κ2) is 18.1. The minimum Gasteiger partial charge on any atom is -0.489 e. The van der Waals surface area contributed by atoms with Crippen molar-refractivity contribution in [2.75, 3.05) is 0 Å². The van der Waals surface area contributed by atoms with Gasteiger partial charge < -0.3 is 9.84 Å². The van der Waals surface area contributed by atoms with Crippen molar-refractivity contribution in [3.05, 3.63) is 65.7 Å². The summed E-state index contributed by atoms with van der Waals surface area (Å²) in [6, 6.07) is 17.6. The van der Waals surface area contributed by atoms with E-state index in [0.29, 0.717) is 13.0 Å². The monoisotopic (exact) mass is 466 g/mol. The first-order valence-electron chi connectivity index (χ1n) is 13.7. The van der Waals surface area contributed by atoms with E-state index in [1.165, 1.54) is 77.0 Å². The van der Waals surface area contributed by atoms with Gasteiger partial charge in [-0.15, -0.1) is 0 Å². The topological polar surface area (TPSA) is 46.5 Å². The number of hydrogen-bond acceptors (Lipinski definition) is 2. The number of carboxylic acid groups (broad SMARTS) is 1. The predicted molar refractivity (Wildman–Crippen MR) is 143 cm³/mol. The molecule has 34 heavy (non-hydrogen) atoms. The van der Waals surface area contributed by atoms with E-state index < -0.39 is 11.9 Å². The molecular formula is C31H46O3. The summed E-state index contributed by atoms with van der Waals surface area (Å²) in [5.74, 6) is -0.388. The van der Waals surface area contributed by atoms with Gasteiger partial charge in [-0.25, -0.2) is 0 Å². The molecule has 0 heterocycles. The molecule has 0 aromatic heterocycles. The maximum absolute atomic E-state index is 11.8. The summed E-state index contributed by atoms with van der Waals surface area (Å²) in [6.07, 6.45) is 19.1. The van der Waals surface area contributed by atoms with Crippen molar-refractivity contribution >= 4 is 5.97 Å².